The standard InChI is InChI=1S/C13H10F3NO4/c1-2-3-4-11(13(14,15)16)21-12(18)9-5-7-10(8-6-9)17(19)20/h5-8,11H,2H2,1H3. The van der Waals surface area contributed by atoms with Gasteiger partial charge in [-0.3, -0.25) is 10.1 Å². The van der Waals surface area contributed by atoms with Crippen LogP contribution in [0.1, 0.15) is 23.7 Å². The van der Waals surface area contributed by atoms with Crippen LogP contribution >= 0.6 is 0 Å². The zero-order valence-corrected chi connectivity index (χ0v) is 10.8. The molecule has 21 heavy (non-hydrogen) atoms. The molecule has 0 N–H and O–H groups in total. The van der Waals surface area contributed by atoms with Crippen LogP contribution in [0.25, 0.3) is 0 Å². The number of carbonyl (C=O) groups excluding carboxylic acids is 1. The molecule has 1 unspecified atom stereocenters. The van der Waals surface area contributed by atoms with Crippen molar-refractivity contribution in [2.75, 3.05) is 0 Å². The van der Waals surface area contributed by atoms with Crippen LogP contribution in [0.4, 0.5) is 18.9 Å². The predicted molar refractivity (Wildman–Crippen MR) is 66.4 cm³/mol. The maximum atomic E-state index is 12.6. The molecule has 1 aromatic carbocycles. The zero-order valence-electron chi connectivity index (χ0n) is 10.8. The Morgan fingerprint density at radius 2 is 1.95 bits per heavy atom. The molecular weight excluding hydrogens is 291 g/mol. The molecule has 0 aliphatic heterocycles. The van der Waals surface area contributed by atoms with E-state index in [4.69, 9.17) is 0 Å². The molecule has 0 bridgehead atoms. The van der Waals surface area contributed by atoms with Gasteiger partial charge in [-0.25, -0.2) is 4.79 Å². The Morgan fingerprint density at radius 1 is 1.38 bits per heavy atom. The highest BCUT2D eigenvalue weighted by Crippen LogP contribution is 2.24. The summed E-state index contributed by atoms with van der Waals surface area (Å²) in [5.41, 5.74) is -0.516. The Bertz CT molecular complexity index is 584. The van der Waals surface area contributed by atoms with Crippen LogP contribution in [0.15, 0.2) is 24.3 Å². The summed E-state index contributed by atoms with van der Waals surface area (Å²) in [4.78, 5) is 21.3. The minimum atomic E-state index is -4.81. The Hall–Kier alpha value is -2.56. The lowest BCUT2D eigenvalue weighted by Gasteiger charge is -2.15. The van der Waals surface area contributed by atoms with E-state index in [1.165, 1.54) is 0 Å². The largest absolute Gasteiger partial charge is 0.437 e. The first-order valence-electron chi connectivity index (χ1n) is 5.76. The Morgan fingerprint density at radius 3 is 2.38 bits per heavy atom. The van der Waals surface area contributed by atoms with Crippen molar-refractivity contribution in [1.82, 2.24) is 0 Å². The Labute approximate surface area is 117 Å². The lowest BCUT2D eigenvalue weighted by atomic mass is 10.2. The number of esters is 1. The number of non-ortho nitro benzene ring substituents is 1. The van der Waals surface area contributed by atoms with Gasteiger partial charge in [0.1, 0.15) is 0 Å². The van der Waals surface area contributed by atoms with Gasteiger partial charge in [0, 0.05) is 18.6 Å². The molecule has 0 saturated carbocycles. The Balaban J connectivity index is 2.89. The molecule has 1 atom stereocenters. The number of hydrogen-bond acceptors (Lipinski definition) is 4. The quantitative estimate of drug-likeness (QED) is 0.372. The molecule has 1 rings (SSSR count). The molecule has 0 spiro atoms. The SMILES string of the molecule is CCC#CC(OC(=O)c1ccc([N+](=O)[O-])cc1)C(F)(F)F. The number of nitrogens with zero attached hydrogens (tertiary/aromatic N) is 1. The molecule has 1 aromatic rings. The van der Waals surface area contributed by atoms with Crippen LogP contribution in [0.3, 0.4) is 0 Å². The van der Waals surface area contributed by atoms with Gasteiger partial charge < -0.3 is 4.74 Å². The van der Waals surface area contributed by atoms with Crippen molar-refractivity contribution in [3.8, 4) is 11.8 Å². The van der Waals surface area contributed by atoms with Crippen LogP contribution in [-0.4, -0.2) is 23.2 Å². The topological polar surface area (TPSA) is 69.4 Å². The third-order valence-corrected chi connectivity index (χ3v) is 2.25. The summed E-state index contributed by atoms with van der Waals surface area (Å²) in [6.07, 6.45) is -7.15. The maximum absolute atomic E-state index is 12.6. The number of alkyl halides is 3. The zero-order chi connectivity index (χ0) is 16.0. The number of hydrogen-bond donors (Lipinski definition) is 0. The number of rotatable bonds is 3. The molecule has 0 aromatic heterocycles. The molecule has 0 aliphatic rings. The monoisotopic (exact) mass is 301 g/mol. The smallest absolute Gasteiger partial charge is 0.436 e. The van der Waals surface area contributed by atoms with Crippen molar-refractivity contribution in [1.29, 1.82) is 0 Å². The third kappa shape index (κ3) is 4.80. The fourth-order valence-corrected chi connectivity index (χ4v) is 1.27. The van der Waals surface area contributed by atoms with Gasteiger partial charge >= 0.3 is 12.1 Å². The first kappa shape index (κ1) is 16.5. The second-order valence-corrected chi connectivity index (χ2v) is 3.81. The number of halogens is 3. The van der Waals surface area contributed by atoms with Crippen molar-refractivity contribution in [2.45, 2.75) is 25.6 Å². The molecule has 8 heteroatoms. The molecule has 0 heterocycles. The van der Waals surface area contributed by atoms with E-state index in [0.717, 1.165) is 24.3 Å². The van der Waals surface area contributed by atoms with E-state index in [2.05, 4.69) is 10.7 Å². The minimum absolute atomic E-state index is 0.182. The highest BCUT2D eigenvalue weighted by atomic mass is 19.4. The molecule has 0 amide bonds. The van der Waals surface area contributed by atoms with Crippen LogP contribution in [0, 0.1) is 22.0 Å². The van der Waals surface area contributed by atoms with Gasteiger partial charge in [-0.1, -0.05) is 12.8 Å². The second-order valence-electron chi connectivity index (χ2n) is 3.81. The van der Waals surface area contributed by atoms with Crippen molar-refractivity contribution in [3.05, 3.63) is 39.9 Å². The van der Waals surface area contributed by atoms with Gasteiger partial charge in [-0.15, -0.1) is 0 Å². The van der Waals surface area contributed by atoms with Crippen molar-refractivity contribution in [2.24, 2.45) is 0 Å². The summed E-state index contributed by atoms with van der Waals surface area (Å²) < 4.78 is 42.2. The summed E-state index contributed by atoms with van der Waals surface area (Å²) in [7, 11) is 0. The first-order chi connectivity index (χ1) is 9.75. The van der Waals surface area contributed by atoms with Gasteiger partial charge in [0.05, 0.1) is 10.5 Å². The second kappa shape index (κ2) is 6.74. The number of nitro benzene ring substituents is 1. The molecule has 0 aliphatic carbocycles. The van der Waals surface area contributed by atoms with E-state index in [0.29, 0.717) is 0 Å². The van der Waals surface area contributed by atoms with Crippen molar-refractivity contribution >= 4 is 11.7 Å². The summed E-state index contributed by atoms with van der Waals surface area (Å²) in [6, 6.07) is 4.02. The van der Waals surface area contributed by atoms with E-state index >= 15 is 0 Å². The van der Waals surface area contributed by atoms with E-state index in [1.807, 2.05) is 5.92 Å². The fourth-order valence-electron chi connectivity index (χ4n) is 1.27. The van der Waals surface area contributed by atoms with Gasteiger partial charge in [-0.2, -0.15) is 13.2 Å². The summed E-state index contributed by atoms with van der Waals surface area (Å²) in [5.74, 6) is 2.76. The average Bonchev–Trinajstić information content (AvgIpc) is 2.42. The van der Waals surface area contributed by atoms with Crippen LogP contribution in [0.2, 0.25) is 0 Å². The highest BCUT2D eigenvalue weighted by Gasteiger charge is 2.42. The van der Waals surface area contributed by atoms with Gasteiger partial charge in [0.2, 0.25) is 0 Å². The van der Waals surface area contributed by atoms with Crippen molar-refractivity contribution < 1.29 is 27.6 Å². The van der Waals surface area contributed by atoms with Crippen molar-refractivity contribution in [3.63, 3.8) is 0 Å². The summed E-state index contributed by atoms with van der Waals surface area (Å²) in [6.45, 7) is 1.55. The third-order valence-electron chi connectivity index (χ3n) is 2.25. The molecule has 5 nitrogen and oxygen atoms in total. The predicted octanol–water partition coefficient (Wildman–Crippen LogP) is 3.10. The Kier molecular flexibility index (Phi) is 5.30. The minimum Gasteiger partial charge on any atom is -0.436 e. The molecule has 0 fully saturated rings. The number of benzene rings is 1. The number of ether oxygens (including phenoxy) is 1. The van der Waals surface area contributed by atoms with E-state index in [9.17, 15) is 28.1 Å². The maximum Gasteiger partial charge on any atom is 0.437 e. The van der Waals surface area contributed by atoms with Crippen LogP contribution in [-0.2, 0) is 4.74 Å². The summed E-state index contributed by atoms with van der Waals surface area (Å²) in [5, 5.41) is 10.4. The summed E-state index contributed by atoms with van der Waals surface area (Å²) >= 11 is 0. The lowest BCUT2D eigenvalue weighted by Crippen LogP contribution is -2.32. The molecular formula is C13H10F3NO4. The van der Waals surface area contributed by atoms with E-state index in [1.54, 1.807) is 6.92 Å². The van der Waals surface area contributed by atoms with E-state index < -0.39 is 23.2 Å². The fraction of sp³-hybridized carbons (Fsp3) is 0.308. The highest BCUT2D eigenvalue weighted by molar-refractivity contribution is 5.89. The lowest BCUT2D eigenvalue weighted by molar-refractivity contribution is -0.384. The molecule has 0 saturated heterocycles. The van der Waals surface area contributed by atoms with Gasteiger partial charge in [0.15, 0.2) is 0 Å². The normalized spacial score (nSPS) is 12.0. The van der Waals surface area contributed by atoms with Crippen LogP contribution < -0.4 is 0 Å². The average molecular weight is 301 g/mol. The van der Waals surface area contributed by atoms with E-state index in [-0.39, 0.29) is 17.7 Å². The molecule has 0 radical (unpaired) electrons. The van der Waals surface area contributed by atoms with Gasteiger partial charge in [0.25, 0.3) is 11.8 Å². The first-order valence-corrected chi connectivity index (χ1v) is 5.76. The number of carbonyl (C=O) groups is 1. The van der Waals surface area contributed by atoms with Crippen LogP contribution in [0.5, 0.6) is 0 Å². The number of nitro groups is 1. The molecule has 112 valence electrons. The van der Waals surface area contributed by atoms with Gasteiger partial charge in [-0.05, 0) is 18.1 Å².